The fourth-order valence-corrected chi connectivity index (χ4v) is 5.60. The van der Waals surface area contributed by atoms with Crippen LogP contribution in [0.15, 0.2) is 47.4 Å². The smallest absolute Gasteiger partial charge is 0.296 e. The molecule has 4 aromatic rings. The van der Waals surface area contributed by atoms with Crippen LogP contribution in [0.1, 0.15) is 12.1 Å². The van der Waals surface area contributed by atoms with Crippen LogP contribution in [0.3, 0.4) is 0 Å². The summed E-state index contributed by atoms with van der Waals surface area (Å²) in [7, 11) is -2.63. The van der Waals surface area contributed by atoms with E-state index in [1.54, 1.807) is 18.9 Å². The lowest BCUT2D eigenvalue weighted by molar-refractivity contribution is -0.135. The van der Waals surface area contributed by atoms with Crippen molar-refractivity contribution in [2.75, 3.05) is 24.9 Å². The van der Waals surface area contributed by atoms with Gasteiger partial charge < -0.3 is 9.64 Å². The number of halogens is 4. The molecule has 9 nitrogen and oxygen atoms in total. The Labute approximate surface area is 221 Å². The first-order valence-electron chi connectivity index (χ1n) is 11.5. The summed E-state index contributed by atoms with van der Waals surface area (Å²) in [4.78, 5) is 9.80. The Morgan fingerprint density at radius 2 is 1.92 bits per heavy atom. The van der Waals surface area contributed by atoms with Gasteiger partial charge in [-0.05, 0) is 56.4 Å². The Balaban J connectivity index is 1.44. The van der Waals surface area contributed by atoms with Crippen molar-refractivity contribution in [1.82, 2.24) is 25.1 Å². The number of piperidine rings is 1. The molecular formula is C24H22ClF3N6O3S. The largest absolute Gasteiger partial charge is 0.467 e. The van der Waals surface area contributed by atoms with Gasteiger partial charge in [-0.1, -0.05) is 11.6 Å². The van der Waals surface area contributed by atoms with Gasteiger partial charge in [0.2, 0.25) is 5.88 Å². The molecule has 2 aromatic carbocycles. The van der Waals surface area contributed by atoms with E-state index in [9.17, 15) is 21.6 Å². The summed E-state index contributed by atoms with van der Waals surface area (Å²) in [6.45, 7) is 1.70. The number of aryl methyl sites for hydroxylation is 1. The molecule has 2 N–H and O–H groups in total. The van der Waals surface area contributed by atoms with Crippen molar-refractivity contribution in [3.8, 4) is 17.3 Å². The van der Waals surface area contributed by atoms with Gasteiger partial charge in [0.1, 0.15) is 16.1 Å². The maximum absolute atomic E-state index is 14.7. The van der Waals surface area contributed by atoms with E-state index >= 15 is 0 Å². The molecule has 14 heteroatoms. The van der Waals surface area contributed by atoms with Crippen LogP contribution in [0.4, 0.5) is 18.9 Å². The van der Waals surface area contributed by atoms with E-state index in [-0.39, 0.29) is 28.8 Å². The van der Waals surface area contributed by atoms with Crippen molar-refractivity contribution in [2.24, 2.45) is 0 Å². The van der Waals surface area contributed by atoms with Gasteiger partial charge in [0.05, 0.1) is 12.2 Å². The number of alkyl halides is 2. The molecule has 0 saturated carbocycles. The monoisotopic (exact) mass is 566 g/mol. The van der Waals surface area contributed by atoms with Crippen LogP contribution in [-0.4, -0.2) is 65.6 Å². The molecule has 200 valence electrons. The fraction of sp³-hybridized carbons (Fsp3) is 0.292. The van der Waals surface area contributed by atoms with Gasteiger partial charge in [-0.25, -0.2) is 26.6 Å². The highest BCUT2D eigenvalue weighted by Crippen LogP contribution is 2.34. The molecule has 3 heterocycles. The summed E-state index contributed by atoms with van der Waals surface area (Å²) in [5, 5.41) is 7.34. The maximum atomic E-state index is 14.7. The van der Waals surface area contributed by atoms with E-state index in [1.807, 2.05) is 0 Å². The molecule has 0 bridgehead atoms. The van der Waals surface area contributed by atoms with E-state index in [0.717, 1.165) is 12.1 Å². The number of aromatic nitrogens is 4. The molecule has 1 fully saturated rings. The summed E-state index contributed by atoms with van der Waals surface area (Å²) in [6.07, 6.45) is -1.26. The van der Waals surface area contributed by atoms with Crippen LogP contribution in [0, 0.1) is 12.7 Å². The standard InChI is InChI=1S/C24H22ClF3N6O3S/c1-13-20-22(32-31-13)29-21(30-23(20)37-19-9-10-34(2)12-24(19,27)28)14-3-6-16(7-4-14)33-38(35,36)18-11-15(25)5-8-17(18)26/h3-8,11,19,33H,9-10,12H2,1-2H3,(H,29,30,31,32)/t19-/m1/s1. The second kappa shape index (κ2) is 9.71. The number of nitrogens with one attached hydrogen (secondary N) is 2. The lowest BCUT2D eigenvalue weighted by Crippen LogP contribution is -2.52. The number of H-pyrrole nitrogens is 1. The van der Waals surface area contributed by atoms with Crippen molar-refractivity contribution < 1.29 is 26.3 Å². The molecule has 0 spiro atoms. The van der Waals surface area contributed by atoms with Crippen LogP contribution in [0.25, 0.3) is 22.4 Å². The average molecular weight is 567 g/mol. The van der Waals surface area contributed by atoms with E-state index < -0.39 is 39.3 Å². The quantitative estimate of drug-likeness (QED) is 0.349. The van der Waals surface area contributed by atoms with Gasteiger partial charge in [0.15, 0.2) is 17.6 Å². The predicted molar refractivity (Wildman–Crippen MR) is 136 cm³/mol. The van der Waals surface area contributed by atoms with Gasteiger partial charge in [0, 0.05) is 29.2 Å². The summed E-state index contributed by atoms with van der Waals surface area (Å²) in [5.41, 5.74) is 1.40. The van der Waals surface area contributed by atoms with Crippen LogP contribution in [0.5, 0.6) is 5.88 Å². The molecule has 2 aromatic heterocycles. The molecule has 5 rings (SSSR count). The summed E-state index contributed by atoms with van der Waals surface area (Å²) in [5.74, 6) is -3.89. The molecule has 38 heavy (non-hydrogen) atoms. The lowest BCUT2D eigenvalue weighted by Gasteiger charge is -2.36. The van der Waals surface area contributed by atoms with Crippen molar-refractivity contribution in [3.05, 3.63) is 59.0 Å². The topological polar surface area (TPSA) is 113 Å². The molecular weight excluding hydrogens is 545 g/mol. The van der Waals surface area contributed by atoms with Crippen molar-refractivity contribution in [2.45, 2.75) is 30.3 Å². The summed E-state index contributed by atoms with van der Waals surface area (Å²) < 4.78 is 76.8. The fourth-order valence-electron chi connectivity index (χ4n) is 4.20. The molecule has 1 aliphatic rings. The van der Waals surface area contributed by atoms with Gasteiger partial charge in [0.25, 0.3) is 15.9 Å². The Morgan fingerprint density at radius 1 is 1.18 bits per heavy atom. The van der Waals surface area contributed by atoms with E-state index in [1.165, 1.54) is 30.3 Å². The zero-order valence-corrected chi connectivity index (χ0v) is 21.7. The maximum Gasteiger partial charge on any atom is 0.296 e. The number of ether oxygens (including phenoxy) is 1. The van der Waals surface area contributed by atoms with Crippen LogP contribution < -0.4 is 9.46 Å². The zero-order valence-electron chi connectivity index (χ0n) is 20.2. The second-order valence-corrected chi connectivity index (χ2v) is 11.1. The number of anilines is 1. The number of rotatable bonds is 6. The van der Waals surface area contributed by atoms with Crippen LogP contribution >= 0.6 is 11.6 Å². The van der Waals surface area contributed by atoms with Crippen LogP contribution in [0.2, 0.25) is 5.02 Å². The third-order valence-corrected chi connectivity index (χ3v) is 7.76. The molecule has 0 unspecified atom stereocenters. The molecule has 1 atom stereocenters. The van der Waals surface area contributed by atoms with Crippen molar-refractivity contribution >= 4 is 38.3 Å². The number of nitrogens with zero attached hydrogens (tertiary/aromatic N) is 4. The number of likely N-dealkylation sites (tertiary alicyclic amines) is 1. The number of sulfonamides is 1. The zero-order chi connectivity index (χ0) is 27.2. The van der Waals surface area contributed by atoms with Crippen molar-refractivity contribution in [3.63, 3.8) is 0 Å². The first kappa shape index (κ1) is 26.2. The van der Waals surface area contributed by atoms with Gasteiger partial charge in [-0.15, -0.1) is 0 Å². The second-order valence-electron chi connectivity index (χ2n) is 9.04. The normalized spacial score (nSPS) is 18.0. The van der Waals surface area contributed by atoms with E-state index in [2.05, 4.69) is 24.9 Å². The number of hydrogen-bond acceptors (Lipinski definition) is 7. The molecule has 0 radical (unpaired) electrons. The minimum absolute atomic E-state index is 0.0216. The Hall–Kier alpha value is -3.42. The lowest BCUT2D eigenvalue weighted by atomic mass is 10.0. The Bertz CT molecular complexity index is 1610. The molecule has 0 amide bonds. The highest BCUT2D eigenvalue weighted by molar-refractivity contribution is 7.92. The predicted octanol–water partition coefficient (Wildman–Crippen LogP) is 4.64. The van der Waals surface area contributed by atoms with Crippen molar-refractivity contribution in [1.29, 1.82) is 0 Å². The molecule has 1 saturated heterocycles. The molecule has 1 aliphatic heterocycles. The average Bonchev–Trinajstić information content (AvgIpc) is 3.23. The summed E-state index contributed by atoms with van der Waals surface area (Å²) in [6, 6.07) is 9.16. The van der Waals surface area contributed by atoms with Gasteiger partial charge >= 0.3 is 0 Å². The Kier molecular flexibility index (Phi) is 6.70. The first-order chi connectivity index (χ1) is 17.9. The highest BCUT2D eigenvalue weighted by atomic mass is 35.5. The highest BCUT2D eigenvalue weighted by Gasteiger charge is 2.46. The Morgan fingerprint density at radius 3 is 2.63 bits per heavy atom. The number of fused-ring (bicyclic) bond motifs is 1. The SMILES string of the molecule is Cc1n[nH]c2nc(-c3ccc(NS(=O)(=O)c4cc(Cl)ccc4F)cc3)nc(O[C@@H]3CCN(C)CC3(F)F)c12. The van der Waals surface area contributed by atoms with E-state index in [4.69, 9.17) is 16.3 Å². The third-order valence-electron chi connectivity index (χ3n) is 6.12. The number of benzene rings is 2. The summed E-state index contributed by atoms with van der Waals surface area (Å²) >= 11 is 5.82. The van der Waals surface area contributed by atoms with E-state index in [0.29, 0.717) is 28.8 Å². The first-order valence-corrected chi connectivity index (χ1v) is 13.3. The van der Waals surface area contributed by atoms with Crippen LogP contribution in [-0.2, 0) is 10.0 Å². The molecule has 0 aliphatic carbocycles. The van der Waals surface area contributed by atoms with Gasteiger partial charge in [-0.3, -0.25) is 9.82 Å². The minimum atomic E-state index is -4.26. The third kappa shape index (κ3) is 5.13. The van der Waals surface area contributed by atoms with Gasteiger partial charge in [-0.2, -0.15) is 10.1 Å². The number of aromatic amines is 1. The number of hydrogen-bond donors (Lipinski definition) is 2. The minimum Gasteiger partial charge on any atom is -0.467 e.